The highest BCUT2D eigenvalue weighted by molar-refractivity contribution is 5.79. The molecule has 3 rings (SSSR count). The number of rotatable bonds is 3. The van der Waals surface area contributed by atoms with Gasteiger partial charge in [-0.05, 0) is 32.9 Å². The van der Waals surface area contributed by atoms with Crippen molar-refractivity contribution in [2.24, 2.45) is 0 Å². The molecule has 21 heavy (non-hydrogen) atoms. The van der Waals surface area contributed by atoms with Crippen molar-refractivity contribution in [3.63, 3.8) is 0 Å². The smallest absolute Gasteiger partial charge is 0.192 e. The normalized spacial score (nSPS) is 12.0. The fourth-order valence-electron chi connectivity index (χ4n) is 2.22. The van der Waals surface area contributed by atoms with Crippen LogP contribution in [0.4, 0.5) is 0 Å². The Bertz CT molecular complexity index is 767. The topological polar surface area (TPSA) is 66.0 Å². The minimum absolute atomic E-state index is 0.133. The lowest BCUT2D eigenvalue weighted by molar-refractivity contribution is 0.261. The summed E-state index contributed by atoms with van der Waals surface area (Å²) in [5.41, 5.74) is 1.32. The van der Waals surface area contributed by atoms with E-state index in [-0.39, 0.29) is 5.54 Å². The molecule has 0 aliphatic heterocycles. The maximum Gasteiger partial charge on any atom is 0.192 e. The van der Waals surface area contributed by atoms with Crippen molar-refractivity contribution in [1.82, 2.24) is 19.7 Å². The zero-order valence-corrected chi connectivity index (χ0v) is 12.6. The summed E-state index contributed by atoms with van der Waals surface area (Å²) in [6.45, 7) is 8.38. The van der Waals surface area contributed by atoms with Crippen molar-refractivity contribution in [3.05, 3.63) is 36.2 Å². The van der Waals surface area contributed by atoms with E-state index in [1.54, 1.807) is 6.33 Å². The Hall–Kier alpha value is -2.37. The average Bonchev–Trinajstić information content (AvgIpc) is 3.00. The second-order valence-corrected chi connectivity index (χ2v) is 5.88. The molecule has 2 heterocycles. The molecular weight excluding hydrogens is 268 g/mol. The van der Waals surface area contributed by atoms with Gasteiger partial charge in [-0.2, -0.15) is 5.10 Å². The Kier molecular flexibility index (Phi) is 3.16. The van der Waals surface area contributed by atoms with E-state index in [4.69, 9.17) is 9.15 Å². The van der Waals surface area contributed by atoms with Gasteiger partial charge in [-0.25, -0.2) is 14.6 Å². The quantitative estimate of drug-likeness (QED) is 0.740. The number of oxazole rings is 1. The zero-order valence-electron chi connectivity index (χ0n) is 12.6. The molecule has 0 aliphatic carbocycles. The molecule has 0 radical (unpaired) electrons. The van der Waals surface area contributed by atoms with E-state index < -0.39 is 0 Å². The fraction of sp³-hybridized carbons (Fsp3) is 0.400. The molecule has 0 amide bonds. The first-order valence-corrected chi connectivity index (χ1v) is 6.83. The largest absolute Gasteiger partial charge is 0.483 e. The van der Waals surface area contributed by atoms with Crippen molar-refractivity contribution in [3.8, 4) is 5.75 Å². The summed E-state index contributed by atoms with van der Waals surface area (Å²) in [7, 11) is 0. The molecule has 1 aromatic carbocycles. The molecule has 0 saturated carbocycles. The van der Waals surface area contributed by atoms with Gasteiger partial charge in [0.2, 0.25) is 0 Å². The third-order valence-electron chi connectivity index (χ3n) is 3.10. The highest BCUT2D eigenvalue weighted by Gasteiger charge is 2.19. The summed E-state index contributed by atoms with van der Waals surface area (Å²) in [5.74, 6) is 2.09. The minimum Gasteiger partial charge on any atom is -0.483 e. The lowest BCUT2D eigenvalue weighted by atomic mass is 10.1. The van der Waals surface area contributed by atoms with Crippen LogP contribution in [0.5, 0.6) is 5.75 Å². The van der Waals surface area contributed by atoms with Crippen molar-refractivity contribution < 1.29 is 9.15 Å². The van der Waals surface area contributed by atoms with Crippen LogP contribution in [0.15, 0.2) is 28.9 Å². The molecule has 6 heteroatoms. The first-order valence-electron chi connectivity index (χ1n) is 6.83. The molecule has 0 N–H and O–H groups in total. The van der Waals surface area contributed by atoms with Crippen molar-refractivity contribution in [2.45, 2.75) is 39.8 Å². The van der Waals surface area contributed by atoms with Gasteiger partial charge in [0, 0.05) is 6.92 Å². The summed E-state index contributed by atoms with van der Waals surface area (Å²) < 4.78 is 13.2. The number of hydrogen-bond acceptors (Lipinski definition) is 5. The molecule has 0 aliphatic rings. The van der Waals surface area contributed by atoms with Crippen LogP contribution in [0.1, 0.15) is 32.5 Å². The highest BCUT2D eigenvalue weighted by Crippen LogP contribution is 2.26. The second kappa shape index (κ2) is 4.87. The van der Waals surface area contributed by atoms with Gasteiger partial charge in [0.15, 0.2) is 22.8 Å². The van der Waals surface area contributed by atoms with Gasteiger partial charge in [-0.3, -0.25) is 0 Å². The number of nitrogens with zero attached hydrogens (tertiary/aromatic N) is 4. The Labute approximate surface area is 122 Å². The van der Waals surface area contributed by atoms with E-state index in [9.17, 15) is 0 Å². The van der Waals surface area contributed by atoms with E-state index in [2.05, 4.69) is 35.8 Å². The number of ether oxygens (including phenoxy) is 1. The third-order valence-corrected chi connectivity index (χ3v) is 3.10. The van der Waals surface area contributed by atoms with E-state index in [0.29, 0.717) is 18.2 Å². The lowest BCUT2D eigenvalue weighted by Crippen LogP contribution is -2.26. The fourth-order valence-corrected chi connectivity index (χ4v) is 2.22. The van der Waals surface area contributed by atoms with Gasteiger partial charge in [0.05, 0.1) is 5.54 Å². The van der Waals surface area contributed by atoms with Crippen LogP contribution in [0.25, 0.3) is 11.1 Å². The summed E-state index contributed by atoms with van der Waals surface area (Å²) in [6, 6.07) is 5.64. The molecule has 0 bridgehead atoms. The van der Waals surface area contributed by atoms with Crippen LogP contribution in [-0.4, -0.2) is 19.7 Å². The standard InChI is InChI=1S/C15H18N4O2/c1-10-18-14-11(6-5-7-12(14)21-10)20-8-13-16-9-17-19(13)15(2,3)4/h5-7,9H,8H2,1-4H3. The van der Waals surface area contributed by atoms with Crippen molar-refractivity contribution >= 4 is 11.1 Å². The number of fused-ring (bicyclic) bond motifs is 1. The second-order valence-electron chi connectivity index (χ2n) is 5.88. The van der Waals surface area contributed by atoms with Gasteiger partial charge >= 0.3 is 0 Å². The molecule has 110 valence electrons. The summed E-state index contributed by atoms with van der Waals surface area (Å²) in [6.07, 6.45) is 1.55. The highest BCUT2D eigenvalue weighted by atomic mass is 16.5. The number of para-hydroxylation sites is 1. The Morgan fingerprint density at radius 3 is 2.86 bits per heavy atom. The van der Waals surface area contributed by atoms with E-state index in [1.165, 1.54) is 0 Å². The Balaban J connectivity index is 1.86. The molecule has 2 aromatic heterocycles. The SMILES string of the molecule is Cc1nc2c(OCc3ncnn3C(C)(C)C)cccc2o1. The van der Waals surface area contributed by atoms with Gasteiger partial charge in [0.1, 0.15) is 18.7 Å². The monoisotopic (exact) mass is 286 g/mol. The summed E-state index contributed by atoms with van der Waals surface area (Å²) >= 11 is 0. The number of hydrogen-bond donors (Lipinski definition) is 0. The molecule has 6 nitrogen and oxygen atoms in total. The van der Waals surface area contributed by atoms with Gasteiger partial charge in [-0.15, -0.1) is 0 Å². The lowest BCUT2D eigenvalue weighted by Gasteiger charge is -2.21. The molecule has 0 atom stereocenters. The number of aromatic nitrogens is 4. The van der Waals surface area contributed by atoms with E-state index in [0.717, 1.165) is 16.9 Å². The average molecular weight is 286 g/mol. The van der Waals surface area contributed by atoms with E-state index in [1.807, 2.05) is 29.8 Å². The van der Waals surface area contributed by atoms with Gasteiger partial charge < -0.3 is 9.15 Å². The first kappa shape index (κ1) is 13.6. The predicted octanol–water partition coefficient (Wildman–Crippen LogP) is 3.06. The third kappa shape index (κ3) is 2.61. The molecule has 0 unspecified atom stereocenters. The van der Waals surface area contributed by atoms with Crippen LogP contribution >= 0.6 is 0 Å². The number of aryl methyl sites for hydroxylation is 1. The van der Waals surface area contributed by atoms with Crippen molar-refractivity contribution in [2.75, 3.05) is 0 Å². The zero-order chi connectivity index (χ0) is 15.0. The molecule has 0 fully saturated rings. The molecule has 0 spiro atoms. The first-order chi connectivity index (χ1) is 9.95. The van der Waals surface area contributed by atoms with Crippen LogP contribution in [0.2, 0.25) is 0 Å². The van der Waals surface area contributed by atoms with E-state index >= 15 is 0 Å². The minimum atomic E-state index is -0.133. The predicted molar refractivity (Wildman–Crippen MR) is 78.1 cm³/mol. The van der Waals surface area contributed by atoms with Crippen LogP contribution < -0.4 is 4.74 Å². The summed E-state index contributed by atoms with van der Waals surface area (Å²) in [4.78, 5) is 8.62. The van der Waals surface area contributed by atoms with Gasteiger partial charge in [-0.1, -0.05) is 6.07 Å². The van der Waals surface area contributed by atoms with Gasteiger partial charge in [0.25, 0.3) is 0 Å². The Morgan fingerprint density at radius 2 is 2.10 bits per heavy atom. The number of benzene rings is 1. The Morgan fingerprint density at radius 1 is 1.29 bits per heavy atom. The molecule has 0 saturated heterocycles. The van der Waals surface area contributed by atoms with Crippen molar-refractivity contribution in [1.29, 1.82) is 0 Å². The van der Waals surface area contributed by atoms with Crippen LogP contribution in [0.3, 0.4) is 0 Å². The molecular formula is C15H18N4O2. The maximum atomic E-state index is 5.87. The molecule has 3 aromatic rings. The maximum absolute atomic E-state index is 5.87. The van der Waals surface area contributed by atoms with Crippen LogP contribution in [0, 0.1) is 6.92 Å². The van der Waals surface area contributed by atoms with Crippen LogP contribution in [-0.2, 0) is 12.1 Å². The summed E-state index contributed by atoms with van der Waals surface area (Å²) in [5, 5.41) is 4.26.